The summed E-state index contributed by atoms with van der Waals surface area (Å²) in [6, 6.07) is 3.74. The van der Waals surface area contributed by atoms with Crippen LogP contribution >= 0.6 is 11.3 Å². The molecule has 25 heavy (non-hydrogen) atoms. The second-order valence-electron chi connectivity index (χ2n) is 5.74. The van der Waals surface area contributed by atoms with E-state index in [4.69, 9.17) is 11.5 Å². The maximum absolute atomic E-state index is 11.6. The van der Waals surface area contributed by atoms with E-state index < -0.39 is 5.91 Å². The summed E-state index contributed by atoms with van der Waals surface area (Å²) in [6.45, 7) is 3.22. The molecule has 9 heteroatoms. The number of nitrogens with two attached hydrogens (primary N) is 2. The Morgan fingerprint density at radius 2 is 1.72 bits per heavy atom. The van der Waals surface area contributed by atoms with Gasteiger partial charge in [0.25, 0.3) is 5.91 Å². The third-order valence-electron chi connectivity index (χ3n) is 4.29. The highest BCUT2D eigenvalue weighted by Gasteiger charge is 2.24. The fourth-order valence-corrected chi connectivity index (χ4v) is 4.01. The van der Waals surface area contributed by atoms with Crippen molar-refractivity contribution >= 4 is 44.8 Å². The molecule has 0 atom stereocenters. The number of hydrogen-bond donors (Lipinski definition) is 2. The van der Waals surface area contributed by atoms with Crippen LogP contribution in [0, 0.1) is 0 Å². The summed E-state index contributed by atoms with van der Waals surface area (Å²) in [6.07, 6.45) is 5.24. The molecule has 4 N–H and O–H groups in total. The highest BCUT2D eigenvalue weighted by Crippen LogP contribution is 2.38. The van der Waals surface area contributed by atoms with Crippen LogP contribution in [-0.4, -0.2) is 47.0 Å². The number of carbonyl (C=O) groups excluding carboxylic acids is 1. The number of anilines is 3. The van der Waals surface area contributed by atoms with Crippen LogP contribution in [0.25, 0.3) is 10.2 Å². The molecule has 1 saturated heterocycles. The van der Waals surface area contributed by atoms with Crippen molar-refractivity contribution in [3.8, 4) is 0 Å². The lowest BCUT2D eigenvalue weighted by Gasteiger charge is -2.36. The average molecular weight is 355 g/mol. The number of nitrogens with zero attached hydrogens (tertiary/aromatic N) is 5. The first-order valence-electron chi connectivity index (χ1n) is 7.89. The molecule has 0 bridgehead atoms. The van der Waals surface area contributed by atoms with E-state index in [2.05, 4.69) is 24.8 Å². The van der Waals surface area contributed by atoms with Gasteiger partial charge in [-0.2, -0.15) is 0 Å². The zero-order valence-electron chi connectivity index (χ0n) is 13.4. The van der Waals surface area contributed by atoms with Crippen molar-refractivity contribution < 1.29 is 4.79 Å². The second-order valence-corrected chi connectivity index (χ2v) is 6.74. The lowest BCUT2D eigenvalue weighted by Crippen LogP contribution is -2.47. The summed E-state index contributed by atoms with van der Waals surface area (Å²) in [7, 11) is 0. The van der Waals surface area contributed by atoms with E-state index in [0.717, 1.165) is 48.0 Å². The van der Waals surface area contributed by atoms with Crippen molar-refractivity contribution in [2.75, 3.05) is 41.7 Å². The first-order chi connectivity index (χ1) is 12.1. The molecule has 4 rings (SSSR count). The molecule has 0 aliphatic carbocycles. The molecular weight excluding hydrogens is 338 g/mol. The van der Waals surface area contributed by atoms with E-state index in [0.29, 0.717) is 10.6 Å². The van der Waals surface area contributed by atoms with E-state index in [1.165, 1.54) is 11.3 Å². The van der Waals surface area contributed by atoms with Crippen LogP contribution in [-0.2, 0) is 0 Å². The molecule has 0 radical (unpaired) electrons. The smallest absolute Gasteiger partial charge is 0.260 e. The molecule has 3 aromatic heterocycles. The fraction of sp³-hybridized carbons (Fsp3) is 0.250. The van der Waals surface area contributed by atoms with E-state index in [1.807, 2.05) is 12.1 Å². The number of thiophene rings is 1. The molecule has 1 aliphatic rings. The van der Waals surface area contributed by atoms with Crippen LogP contribution < -0.4 is 21.3 Å². The van der Waals surface area contributed by atoms with Gasteiger partial charge in [-0.25, -0.2) is 15.0 Å². The Balaban J connectivity index is 1.62. The summed E-state index contributed by atoms with van der Waals surface area (Å²) in [5.74, 6) is 0.227. The van der Waals surface area contributed by atoms with Crippen LogP contribution in [0.3, 0.4) is 0 Å². The monoisotopic (exact) mass is 355 g/mol. The highest BCUT2D eigenvalue weighted by atomic mass is 32.1. The Bertz CT molecular complexity index is 919. The Morgan fingerprint density at radius 3 is 2.40 bits per heavy atom. The number of rotatable bonds is 3. The molecule has 8 nitrogen and oxygen atoms in total. The molecule has 0 saturated carbocycles. The third-order valence-corrected chi connectivity index (χ3v) is 5.41. The number of fused-ring (bicyclic) bond motifs is 1. The van der Waals surface area contributed by atoms with Crippen LogP contribution in [0.1, 0.15) is 9.67 Å². The van der Waals surface area contributed by atoms with Gasteiger partial charge in [0.2, 0.25) is 5.95 Å². The second kappa shape index (κ2) is 6.17. The van der Waals surface area contributed by atoms with Crippen molar-refractivity contribution in [2.45, 2.75) is 0 Å². The fourth-order valence-electron chi connectivity index (χ4n) is 3.08. The molecule has 4 heterocycles. The quantitative estimate of drug-likeness (QED) is 0.723. The highest BCUT2D eigenvalue weighted by molar-refractivity contribution is 7.21. The van der Waals surface area contributed by atoms with Crippen molar-refractivity contribution in [3.05, 3.63) is 35.6 Å². The predicted octanol–water partition coefficient (Wildman–Crippen LogP) is 1.09. The largest absolute Gasteiger partial charge is 0.397 e. The molecule has 128 valence electrons. The predicted molar refractivity (Wildman–Crippen MR) is 99.0 cm³/mol. The summed E-state index contributed by atoms with van der Waals surface area (Å²) in [4.78, 5) is 30.0. The standard InChI is InChI=1S/C16H17N7OS/c17-12-11-10(2-5-19-15(11)25-13(12)14(18)24)22-6-8-23(9-7-22)16-20-3-1-4-21-16/h1-5H,6-9,17H2,(H2,18,24). The van der Waals surface area contributed by atoms with Crippen molar-refractivity contribution in [2.24, 2.45) is 5.73 Å². The van der Waals surface area contributed by atoms with Gasteiger partial charge >= 0.3 is 0 Å². The van der Waals surface area contributed by atoms with Gasteiger partial charge in [0, 0.05) is 44.8 Å². The van der Waals surface area contributed by atoms with Gasteiger partial charge in [0.1, 0.15) is 9.71 Å². The lowest BCUT2D eigenvalue weighted by molar-refractivity contribution is 0.100. The maximum atomic E-state index is 11.6. The van der Waals surface area contributed by atoms with Gasteiger partial charge in [0.15, 0.2) is 0 Å². The number of piperazine rings is 1. The van der Waals surface area contributed by atoms with Crippen molar-refractivity contribution in [1.29, 1.82) is 0 Å². The van der Waals surface area contributed by atoms with Gasteiger partial charge < -0.3 is 21.3 Å². The molecule has 0 unspecified atom stereocenters. The van der Waals surface area contributed by atoms with Crippen molar-refractivity contribution in [3.63, 3.8) is 0 Å². The van der Waals surface area contributed by atoms with Gasteiger partial charge in [0.05, 0.1) is 16.8 Å². The van der Waals surface area contributed by atoms with Crippen LogP contribution in [0.5, 0.6) is 0 Å². The summed E-state index contributed by atoms with van der Waals surface area (Å²) >= 11 is 1.24. The van der Waals surface area contributed by atoms with Crippen LogP contribution in [0.4, 0.5) is 17.3 Å². The number of carbonyl (C=O) groups is 1. The minimum Gasteiger partial charge on any atom is -0.397 e. The number of aromatic nitrogens is 3. The molecule has 1 amide bonds. The zero-order valence-corrected chi connectivity index (χ0v) is 14.2. The van der Waals surface area contributed by atoms with Crippen LogP contribution in [0.2, 0.25) is 0 Å². The lowest BCUT2D eigenvalue weighted by atomic mass is 10.2. The van der Waals surface area contributed by atoms with E-state index >= 15 is 0 Å². The maximum Gasteiger partial charge on any atom is 0.260 e. The Labute approximate surface area is 148 Å². The molecule has 0 spiro atoms. The molecule has 3 aromatic rings. The minimum atomic E-state index is -0.516. The summed E-state index contributed by atoms with van der Waals surface area (Å²) < 4.78 is 0. The number of nitrogen functional groups attached to an aromatic ring is 1. The van der Waals surface area contributed by atoms with Gasteiger partial charge in [-0.1, -0.05) is 0 Å². The summed E-state index contributed by atoms with van der Waals surface area (Å²) in [5, 5.41) is 0.811. The van der Waals surface area contributed by atoms with Gasteiger partial charge in [-0.15, -0.1) is 11.3 Å². The Hall–Kier alpha value is -2.94. The first-order valence-corrected chi connectivity index (χ1v) is 8.70. The Kier molecular flexibility index (Phi) is 3.85. The number of pyridine rings is 1. The van der Waals surface area contributed by atoms with Crippen LogP contribution in [0.15, 0.2) is 30.7 Å². The normalized spacial score (nSPS) is 14.9. The molecule has 1 aliphatic heterocycles. The van der Waals surface area contributed by atoms with Gasteiger partial charge in [-0.05, 0) is 12.1 Å². The van der Waals surface area contributed by atoms with E-state index in [1.54, 1.807) is 18.6 Å². The van der Waals surface area contributed by atoms with E-state index in [-0.39, 0.29) is 0 Å². The zero-order chi connectivity index (χ0) is 17.4. The Morgan fingerprint density at radius 1 is 1.04 bits per heavy atom. The molecular formula is C16H17N7OS. The number of primary amides is 1. The van der Waals surface area contributed by atoms with Gasteiger partial charge in [-0.3, -0.25) is 4.79 Å². The van der Waals surface area contributed by atoms with Crippen molar-refractivity contribution in [1.82, 2.24) is 15.0 Å². The average Bonchev–Trinajstić information content (AvgIpc) is 3.00. The topological polar surface area (TPSA) is 114 Å². The third kappa shape index (κ3) is 2.72. The molecule has 1 fully saturated rings. The number of hydrogen-bond acceptors (Lipinski definition) is 8. The van der Waals surface area contributed by atoms with E-state index in [9.17, 15) is 4.79 Å². The molecule has 0 aromatic carbocycles. The first kappa shape index (κ1) is 15.6. The number of amides is 1. The SMILES string of the molecule is NC(=O)c1sc2nccc(N3CCN(c4ncccn4)CC3)c2c1N. The minimum absolute atomic E-state index is 0.367. The summed E-state index contributed by atoms with van der Waals surface area (Å²) in [5.41, 5.74) is 13.0.